The molecule has 1 aromatic rings. The maximum atomic E-state index is 10.6. The van der Waals surface area contributed by atoms with Crippen molar-refractivity contribution in [2.24, 2.45) is 0 Å². The highest BCUT2D eigenvalue weighted by Gasteiger charge is 2.25. The smallest absolute Gasteiger partial charge is 0.124 e. The third kappa shape index (κ3) is 4.19. The van der Waals surface area contributed by atoms with Gasteiger partial charge in [-0.2, -0.15) is 0 Å². The van der Waals surface area contributed by atoms with E-state index in [1.807, 2.05) is 24.3 Å². The van der Waals surface area contributed by atoms with Crippen LogP contribution in [-0.4, -0.2) is 61.3 Å². The lowest BCUT2D eigenvalue weighted by Crippen LogP contribution is -2.41. The first-order valence-corrected chi connectivity index (χ1v) is 7.89. The minimum absolute atomic E-state index is 0.501. The van der Waals surface area contributed by atoms with Gasteiger partial charge in [0.05, 0.1) is 13.2 Å². The van der Waals surface area contributed by atoms with Crippen molar-refractivity contribution in [2.45, 2.75) is 31.9 Å². The second-order valence-electron chi connectivity index (χ2n) is 5.93. The number of ether oxygens (including phenoxy) is 1. The number of benzene rings is 1. The molecule has 0 aromatic heterocycles. The molecule has 0 saturated carbocycles. The molecule has 2 unspecified atom stereocenters. The maximum absolute atomic E-state index is 10.6. The monoisotopic (exact) mass is 292 g/mol. The topological polar surface area (TPSA) is 35.9 Å². The van der Waals surface area contributed by atoms with Crippen LogP contribution in [0.1, 0.15) is 31.4 Å². The summed E-state index contributed by atoms with van der Waals surface area (Å²) in [5.74, 6) is 0.769. The van der Waals surface area contributed by atoms with Gasteiger partial charge in [0.25, 0.3) is 0 Å². The van der Waals surface area contributed by atoms with Crippen LogP contribution >= 0.6 is 0 Å². The Labute approximate surface area is 128 Å². The first-order valence-electron chi connectivity index (χ1n) is 7.89. The van der Waals surface area contributed by atoms with Gasteiger partial charge >= 0.3 is 0 Å². The van der Waals surface area contributed by atoms with Crippen molar-refractivity contribution in [3.8, 4) is 5.75 Å². The summed E-state index contributed by atoms with van der Waals surface area (Å²) in [4.78, 5) is 4.82. The van der Waals surface area contributed by atoms with Crippen molar-refractivity contribution in [1.29, 1.82) is 0 Å². The molecule has 1 aliphatic heterocycles. The van der Waals surface area contributed by atoms with Crippen molar-refractivity contribution in [2.75, 3.05) is 40.3 Å². The molecule has 1 N–H and O–H groups in total. The van der Waals surface area contributed by atoms with E-state index in [-0.39, 0.29) is 0 Å². The van der Waals surface area contributed by atoms with Crippen LogP contribution in [0.4, 0.5) is 0 Å². The van der Waals surface area contributed by atoms with Gasteiger partial charge < -0.3 is 14.7 Å². The molecule has 0 aliphatic carbocycles. The molecule has 0 amide bonds. The van der Waals surface area contributed by atoms with E-state index >= 15 is 0 Å². The number of likely N-dealkylation sites (N-methyl/N-ethyl adjacent to an activating group) is 1. The minimum atomic E-state index is -0.501. The van der Waals surface area contributed by atoms with Crippen LogP contribution in [0.3, 0.4) is 0 Å². The number of aliphatic hydroxyl groups is 1. The van der Waals surface area contributed by atoms with Crippen molar-refractivity contribution in [1.82, 2.24) is 9.80 Å². The van der Waals surface area contributed by atoms with Crippen molar-refractivity contribution in [3.05, 3.63) is 29.8 Å². The van der Waals surface area contributed by atoms with Crippen molar-refractivity contribution < 1.29 is 9.84 Å². The summed E-state index contributed by atoms with van der Waals surface area (Å²) in [6, 6.07) is 8.27. The summed E-state index contributed by atoms with van der Waals surface area (Å²) in [5.41, 5.74) is 0.882. The number of aliphatic hydroxyl groups excluding tert-OH is 1. The standard InChI is InChI=1S/C17H28N2O2/c1-4-14-12-18(2)10-7-11-19(14)13-16(20)15-8-5-6-9-17(15)21-3/h5-6,8-9,14,16,20H,4,7,10-13H2,1-3H3. The number of para-hydroxylation sites is 1. The number of methoxy groups -OCH3 is 1. The van der Waals surface area contributed by atoms with E-state index in [0.29, 0.717) is 12.6 Å². The summed E-state index contributed by atoms with van der Waals surface area (Å²) < 4.78 is 5.36. The lowest BCUT2D eigenvalue weighted by Gasteiger charge is -2.32. The summed E-state index contributed by atoms with van der Waals surface area (Å²) in [6.45, 7) is 6.17. The lowest BCUT2D eigenvalue weighted by atomic mass is 10.1. The van der Waals surface area contributed by atoms with Gasteiger partial charge in [-0.15, -0.1) is 0 Å². The van der Waals surface area contributed by atoms with E-state index in [9.17, 15) is 5.11 Å². The van der Waals surface area contributed by atoms with Crippen molar-refractivity contribution in [3.63, 3.8) is 0 Å². The van der Waals surface area contributed by atoms with E-state index in [2.05, 4.69) is 23.8 Å². The van der Waals surface area contributed by atoms with Crippen LogP contribution in [-0.2, 0) is 0 Å². The quantitative estimate of drug-likeness (QED) is 0.902. The molecule has 118 valence electrons. The van der Waals surface area contributed by atoms with E-state index in [1.165, 1.54) is 0 Å². The van der Waals surface area contributed by atoms with Crippen LogP contribution in [0.2, 0.25) is 0 Å². The summed E-state index contributed by atoms with van der Waals surface area (Å²) in [7, 11) is 3.84. The molecular weight excluding hydrogens is 264 g/mol. The molecule has 0 bridgehead atoms. The minimum Gasteiger partial charge on any atom is -0.496 e. The van der Waals surface area contributed by atoms with Gasteiger partial charge in [0.15, 0.2) is 0 Å². The van der Waals surface area contributed by atoms with Gasteiger partial charge in [0, 0.05) is 24.7 Å². The number of nitrogens with zero attached hydrogens (tertiary/aromatic N) is 2. The fourth-order valence-electron chi connectivity index (χ4n) is 3.18. The van der Waals surface area contributed by atoms with E-state index < -0.39 is 6.10 Å². The Morgan fingerprint density at radius 3 is 2.81 bits per heavy atom. The number of hydrogen-bond acceptors (Lipinski definition) is 4. The highest BCUT2D eigenvalue weighted by atomic mass is 16.5. The molecule has 2 rings (SSSR count). The third-order valence-corrected chi connectivity index (χ3v) is 4.40. The van der Waals surface area contributed by atoms with Crippen LogP contribution in [0.25, 0.3) is 0 Å². The molecular formula is C17H28N2O2. The Morgan fingerprint density at radius 1 is 1.33 bits per heavy atom. The SMILES string of the molecule is CCC1CN(C)CCCN1CC(O)c1ccccc1OC. The fraction of sp³-hybridized carbons (Fsp3) is 0.647. The van der Waals surface area contributed by atoms with Crippen LogP contribution in [0.15, 0.2) is 24.3 Å². The van der Waals surface area contributed by atoms with E-state index in [1.54, 1.807) is 7.11 Å². The van der Waals surface area contributed by atoms with Gasteiger partial charge in [0.2, 0.25) is 0 Å². The predicted octanol–water partition coefficient (Wildman–Crippen LogP) is 2.14. The second-order valence-corrected chi connectivity index (χ2v) is 5.93. The average molecular weight is 292 g/mol. The maximum Gasteiger partial charge on any atom is 0.124 e. The Balaban J connectivity index is 2.08. The Bertz CT molecular complexity index is 439. The molecule has 1 aliphatic rings. The highest BCUT2D eigenvalue weighted by Crippen LogP contribution is 2.26. The van der Waals surface area contributed by atoms with Crippen molar-refractivity contribution >= 4 is 0 Å². The molecule has 2 atom stereocenters. The predicted molar refractivity (Wildman–Crippen MR) is 85.7 cm³/mol. The van der Waals surface area contributed by atoms with E-state index in [0.717, 1.165) is 43.8 Å². The molecule has 4 heteroatoms. The number of hydrogen-bond donors (Lipinski definition) is 1. The normalized spacial score (nSPS) is 22.8. The largest absolute Gasteiger partial charge is 0.496 e. The van der Waals surface area contributed by atoms with Gasteiger partial charge in [-0.25, -0.2) is 0 Å². The molecule has 0 radical (unpaired) electrons. The Morgan fingerprint density at radius 2 is 2.10 bits per heavy atom. The Hall–Kier alpha value is -1.10. The average Bonchev–Trinajstić information content (AvgIpc) is 2.68. The zero-order valence-electron chi connectivity index (χ0n) is 13.5. The van der Waals surface area contributed by atoms with Crippen LogP contribution in [0, 0.1) is 0 Å². The molecule has 21 heavy (non-hydrogen) atoms. The molecule has 1 saturated heterocycles. The summed E-state index contributed by atoms with van der Waals surface area (Å²) >= 11 is 0. The first-order chi connectivity index (χ1) is 10.2. The molecule has 1 aromatic carbocycles. The molecule has 4 nitrogen and oxygen atoms in total. The third-order valence-electron chi connectivity index (χ3n) is 4.40. The van der Waals surface area contributed by atoms with Gasteiger partial charge in [-0.05, 0) is 39.0 Å². The van der Waals surface area contributed by atoms with Crippen LogP contribution in [0.5, 0.6) is 5.75 Å². The number of rotatable bonds is 5. The number of β-amino-alcohol motifs (C(OH)–C–C–N with tert-alkyl or cyclic N) is 1. The highest BCUT2D eigenvalue weighted by molar-refractivity contribution is 5.35. The summed E-state index contributed by atoms with van der Waals surface area (Å²) in [5, 5.41) is 10.6. The van der Waals surface area contributed by atoms with Gasteiger partial charge in [0.1, 0.15) is 5.75 Å². The van der Waals surface area contributed by atoms with Gasteiger partial charge in [-0.3, -0.25) is 4.90 Å². The first kappa shape index (κ1) is 16.3. The second kappa shape index (κ2) is 7.78. The fourth-order valence-corrected chi connectivity index (χ4v) is 3.18. The Kier molecular flexibility index (Phi) is 6.03. The zero-order chi connectivity index (χ0) is 15.2. The molecule has 1 fully saturated rings. The molecule has 0 spiro atoms. The summed E-state index contributed by atoms with van der Waals surface area (Å²) in [6.07, 6.45) is 1.77. The van der Waals surface area contributed by atoms with Gasteiger partial charge in [-0.1, -0.05) is 25.1 Å². The lowest BCUT2D eigenvalue weighted by molar-refractivity contribution is 0.0837. The van der Waals surface area contributed by atoms with Crippen LogP contribution < -0.4 is 4.74 Å². The van der Waals surface area contributed by atoms with E-state index in [4.69, 9.17) is 4.74 Å². The zero-order valence-corrected chi connectivity index (χ0v) is 13.5. The molecule has 1 heterocycles.